The fraction of sp³-hybridized carbons (Fsp3) is 0.421. The molecule has 0 saturated heterocycles. The van der Waals surface area contributed by atoms with E-state index in [0.29, 0.717) is 17.9 Å². The third-order valence-electron chi connectivity index (χ3n) is 4.56. The lowest BCUT2D eigenvalue weighted by Crippen LogP contribution is -2.28. The standard InChI is InChI=1S/C19H23N3O3S/c1-11(14-4-6-17-15(8-14)5-7-18(23)21-17)20-19(24)10-26-9-16-12(2)22-25-13(16)3/h4,6,8,11H,5,7,9-10H2,1-3H3,(H,20,24)(H,21,23). The van der Waals surface area contributed by atoms with E-state index < -0.39 is 0 Å². The summed E-state index contributed by atoms with van der Waals surface area (Å²) in [6.07, 6.45) is 1.25. The lowest BCUT2D eigenvalue weighted by atomic mass is 9.98. The highest BCUT2D eigenvalue weighted by Gasteiger charge is 2.17. The van der Waals surface area contributed by atoms with Gasteiger partial charge in [-0.3, -0.25) is 9.59 Å². The minimum atomic E-state index is -0.0786. The van der Waals surface area contributed by atoms with Crippen molar-refractivity contribution in [2.24, 2.45) is 0 Å². The summed E-state index contributed by atoms with van der Waals surface area (Å²) >= 11 is 1.55. The van der Waals surface area contributed by atoms with E-state index >= 15 is 0 Å². The van der Waals surface area contributed by atoms with E-state index in [2.05, 4.69) is 21.9 Å². The van der Waals surface area contributed by atoms with Crippen LogP contribution in [0.2, 0.25) is 0 Å². The molecule has 0 fully saturated rings. The van der Waals surface area contributed by atoms with E-state index in [9.17, 15) is 9.59 Å². The molecule has 1 aromatic carbocycles. The van der Waals surface area contributed by atoms with Crippen LogP contribution in [-0.4, -0.2) is 22.7 Å². The van der Waals surface area contributed by atoms with E-state index in [-0.39, 0.29) is 17.9 Å². The maximum atomic E-state index is 12.2. The SMILES string of the molecule is Cc1noc(C)c1CSCC(=O)NC(C)c1ccc2c(c1)CCC(=O)N2. The predicted octanol–water partition coefficient (Wildman–Crippen LogP) is 3.29. The van der Waals surface area contributed by atoms with Crippen LogP contribution in [-0.2, 0) is 21.8 Å². The van der Waals surface area contributed by atoms with Crippen LogP contribution < -0.4 is 10.6 Å². The van der Waals surface area contributed by atoms with Crippen LogP contribution in [0.15, 0.2) is 22.7 Å². The molecule has 3 rings (SSSR count). The van der Waals surface area contributed by atoms with Gasteiger partial charge in [0.1, 0.15) is 5.76 Å². The lowest BCUT2D eigenvalue weighted by Gasteiger charge is -2.20. The van der Waals surface area contributed by atoms with Gasteiger partial charge in [-0.1, -0.05) is 17.3 Å². The number of nitrogens with zero attached hydrogens (tertiary/aromatic N) is 1. The van der Waals surface area contributed by atoms with E-state index in [1.54, 1.807) is 11.8 Å². The summed E-state index contributed by atoms with van der Waals surface area (Å²) in [6.45, 7) is 5.77. The molecule has 6 nitrogen and oxygen atoms in total. The van der Waals surface area contributed by atoms with Crippen LogP contribution >= 0.6 is 11.8 Å². The van der Waals surface area contributed by atoms with Crippen molar-refractivity contribution in [2.75, 3.05) is 11.1 Å². The van der Waals surface area contributed by atoms with Gasteiger partial charge in [0.25, 0.3) is 0 Å². The Morgan fingerprint density at radius 1 is 1.38 bits per heavy atom. The molecule has 0 aliphatic carbocycles. The summed E-state index contributed by atoms with van der Waals surface area (Å²) in [4.78, 5) is 23.7. The molecular weight excluding hydrogens is 350 g/mol. The molecule has 138 valence electrons. The number of thioether (sulfide) groups is 1. The number of benzene rings is 1. The molecule has 2 heterocycles. The van der Waals surface area contributed by atoms with Gasteiger partial charge in [-0.25, -0.2) is 0 Å². The lowest BCUT2D eigenvalue weighted by molar-refractivity contribution is -0.119. The summed E-state index contributed by atoms with van der Waals surface area (Å²) in [5, 5.41) is 9.84. The number of rotatable bonds is 6. The Morgan fingerprint density at radius 2 is 2.19 bits per heavy atom. The van der Waals surface area contributed by atoms with Crippen molar-refractivity contribution in [3.63, 3.8) is 0 Å². The zero-order valence-corrected chi connectivity index (χ0v) is 16.0. The van der Waals surface area contributed by atoms with Gasteiger partial charge in [0.05, 0.1) is 17.5 Å². The zero-order valence-electron chi connectivity index (χ0n) is 15.2. The van der Waals surface area contributed by atoms with Crippen LogP contribution in [0.1, 0.15) is 47.5 Å². The Bertz CT molecular complexity index is 812. The van der Waals surface area contributed by atoms with Crippen LogP contribution in [0.4, 0.5) is 5.69 Å². The van der Waals surface area contributed by atoms with Crippen molar-refractivity contribution in [3.8, 4) is 0 Å². The molecule has 1 unspecified atom stereocenters. The van der Waals surface area contributed by atoms with Gasteiger partial charge < -0.3 is 15.2 Å². The molecule has 1 atom stereocenters. The van der Waals surface area contributed by atoms with Gasteiger partial charge in [0.2, 0.25) is 11.8 Å². The van der Waals surface area contributed by atoms with Crippen molar-refractivity contribution >= 4 is 29.3 Å². The van der Waals surface area contributed by atoms with Gasteiger partial charge in [-0.15, -0.1) is 11.8 Å². The largest absolute Gasteiger partial charge is 0.361 e. The van der Waals surface area contributed by atoms with Crippen molar-refractivity contribution in [1.82, 2.24) is 10.5 Å². The number of aryl methyl sites for hydroxylation is 3. The van der Waals surface area contributed by atoms with Gasteiger partial charge in [0.15, 0.2) is 0 Å². The zero-order chi connectivity index (χ0) is 18.7. The van der Waals surface area contributed by atoms with E-state index in [4.69, 9.17) is 4.52 Å². The quantitative estimate of drug-likeness (QED) is 0.812. The molecular formula is C19H23N3O3S. The first-order valence-corrected chi connectivity index (χ1v) is 9.81. The van der Waals surface area contributed by atoms with Crippen molar-refractivity contribution in [3.05, 3.63) is 46.3 Å². The summed E-state index contributed by atoms with van der Waals surface area (Å²) < 4.78 is 5.14. The third-order valence-corrected chi connectivity index (χ3v) is 5.52. The second-order valence-corrected chi connectivity index (χ2v) is 7.54. The van der Waals surface area contributed by atoms with E-state index in [0.717, 1.165) is 40.3 Å². The monoisotopic (exact) mass is 373 g/mol. The van der Waals surface area contributed by atoms with E-state index in [1.807, 2.05) is 32.9 Å². The molecule has 0 bridgehead atoms. The molecule has 0 saturated carbocycles. The number of hydrogen-bond donors (Lipinski definition) is 2. The number of carbonyl (C=O) groups is 2. The Balaban J connectivity index is 1.52. The second-order valence-electron chi connectivity index (χ2n) is 6.55. The normalized spacial score (nSPS) is 14.5. The Hall–Kier alpha value is -2.28. The van der Waals surface area contributed by atoms with Crippen LogP contribution in [0.3, 0.4) is 0 Å². The molecule has 1 aliphatic heterocycles. The second kappa shape index (κ2) is 7.95. The molecule has 0 radical (unpaired) electrons. The summed E-state index contributed by atoms with van der Waals surface area (Å²) in [5.41, 5.74) is 4.98. The Kier molecular flexibility index (Phi) is 5.66. The molecule has 7 heteroatoms. The van der Waals surface area contributed by atoms with Crippen LogP contribution in [0, 0.1) is 13.8 Å². The molecule has 0 spiro atoms. The molecule has 1 aliphatic rings. The highest BCUT2D eigenvalue weighted by Crippen LogP contribution is 2.26. The van der Waals surface area contributed by atoms with Gasteiger partial charge in [-0.2, -0.15) is 0 Å². The summed E-state index contributed by atoms with van der Waals surface area (Å²) in [7, 11) is 0. The van der Waals surface area contributed by atoms with Crippen molar-refractivity contribution in [2.45, 2.75) is 45.4 Å². The summed E-state index contributed by atoms with van der Waals surface area (Å²) in [6, 6.07) is 5.85. The smallest absolute Gasteiger partial charge is 0.230 e. The van der Waals surface area contributed by atoms with E-state index in [1.165, 1.54) is 0 Å². The first-order valence-electron chi connectivity index (χ1n) is 8.65. The highest BCUT2D eigenvalue weighted by molar-refractivity contribution is 7.99. The number of carbonyl (C=O) groups excluding carboxylic acids is 2. The van der Waals surface area contributed by atoms with Gasteiger partial charge >= 0.3 is 0 Å². The Labute approximate surface area is 157 Å². The first-order chi connectivity index (χ1) is 12.4. The predicted molar refractivity (Wildman–Crippen MR) is 102 cm³/mol. The van der Waals surface area contributed by atoms with Crippen LogP contribution in [0.25, 0.3) is 0 Å². The maximum Gasteiger partial charge on any atom is 0.230 e. The summed E-state index contributed by atoms with van der Waals surface area (Å²) in [5.74, 6) is 1.96. The van der Waals surface area contributed by atoms with Crippen molar-refractivity contribution < 1.29 is 14.1 Å². The van der Waals surface area contributed by atoms with Gasteiger partial charge in [-0.05, 0) is 44.4 Å². The number of nitrogens with one attached hydrogen (secondary N) is 2. The molecule has 1 aromatic heterocycles. The average Bonchev–Trinajstić information content (AvgIpc) is 2.93. The molecule has 26 heavy (non-hydrogen) atoms. The number of hydrogen-bond acceptors (Lipinski definition) is 5. The average molecular weight is 373 g/mol. The van der Waals surface area contributed by atoms with Crippen molar-refractivity contribution in [1.29, 1.82) is 0 Å². The third kappa shape index (κ3) is 4.27. The number of anilines is 1. The highest BCUT2D eigenvalue weighted by atomic mass is 32.2. The molecule has 2 aromatic rings. The fourth-order valence-corrected chi connectivity index (χ4v) is 3.98. The fourth-order valence-electron chi connectivity index (χ4n) is 2.99. The minimum absolute atomic E-state index is 0.000263. The van der Waals surface area contributed by atoms with Gasteiger partial charge in [0, 0.05) is 23.4 Å². The topological polar surface area (TPSA) is 84.2 Å². The first kappa shape index (κ1) is 18.5. The maximum absolute atomic E-state index is 12.2. The number of aromatic nitrogens is 1. The molecule has 2 N–H and O–H groups in total. The minimum Gasteiger partial charge on any atom is -0.361 e. The molecule has 2 amide bonds. The Morgan fingerprint density at radius 3 is 2.92 bits per heavy atom. The number of amides is 2. The number of fused-ring (bicyclic) bond motifs is 1. The van der Waals surface area contributed by atoms with Crippen LogP contribution in [0.5, 0.6) is 0 Å².